The smallest absolute Gasteiger partial charge is 0.375 e. The number of hydrogen-bond donors (Lipinski definition) is 3. The number of alkyl halides is 3. The molecule has 0 bridgehead atoms. The van der Waals surface area contributed by atoms with Crippen LogP contribution in [0.3, 0.4) is 0 Å². The minimum atomic E-state index is -4.50. The van der Waals surface area contributed by atoms with Crippen molar-refractivity contribution in [3.8, 4) is 0 Å². The van der Waals surface area contributed by atoms with Crippen LogP contribution in [0.5, 0.6) is 0 Å². The predicted octanol–water partition coefficient (Wildman–Crippen LogP) is 6.59. The lowest BCUT2D eigenvalue weighted by Crippen LogP contribution is -2.24. The maximum Gasteiger partial charge on any atom is 0.412 e. The zero-order chi connectivity index (χ0) is 25.2. The summed E-state index contributed by atoms with van der Waals surface area (Å²) in [5, 5.41) is 2.52. The number of carbonyl (C=O) groups is 1. The number of amides is 1. The number of allylic oxidation sites excluding steroid dienone is 4. The highest BCUT2D eigenvalue weighted by Gasteiger charge is 2.34. The number of carbonyl (C=O) groups excluding carboxylic acids is 1. The fourth-order valence-electron chi connectivity index (χ4n) is 2.80. The fourth-order valence-corrected chi connectivity index (χ4v) is 3.02. The SMILES string of the molecule is CCC(C)OC(C)C\C(=C/C=C/C=C/C(=O)N[C@H](C)c1cc(F)c(NS)c(F)c1)C(F)(F)F. The van der Waals surface area contributed by atoms with Crippen LogP contribution in [0.1, 0.15) is 52.1 Å². The largest absolute Gasteiger partial charge is 0.412 e. The summed E-state index contributed by atoms with van der Waals surface area (Å²) in [6.07, 6.45) is 0.913. The van der Waals surface area contributed by atoms with Gasteiger partial charge in [0, 0.05) is 18.1 Å². The molecule has 1 aromatic carbocycles. The van der Waals surface area contributed by atoms with Crippen LogP contribution < -0.4 is 10.0 Å². The van der Waals surface area contributed by atoms with Crippen LogP contribution in [-0.2, 0) is 9.53 Å². The summed E-state index contributed by atoms with van der Waals surface area (Å²) in [7, 11) is 0. The quantitative estimate of drug-likeness (QED) is 0.141. The lowest BCUT2D eigenvalue weighted by Gasteiger charge is -2.20. The van der Waals surface area contributed by atoms with Gasteiger partial charge < -0.3 is 14.8 Å². The first-order chi connectivity index (χ1) is 15.4. The second-order valence-corrected chi connectivity index (χ2v) is 7.73. The Morgan fingerprint density at radius 2 is 1.70 bits per heavy atom. The standard InChI is InChI=1S/C23H29F5N2O2S/c1-5-14(2)32-15(3)11-18(23(26,27)28)9-7-6-8-10-21(31)29-16(4)17-12-19(24)22(30-33)20(25)13-17/h6-10,12-16,30,33H,5,11H2,1-4H3,(H,29,31)/b7-6+,10-8+,18-9+/t14?,15?,16-/m1/s1. The Morgan fingerprint density at radius 1 is 1.09 bits per heavy atom. The summed E-state index contributed by atoms with van der Waals surface area (Å²) in [5.74, 6) is -2.31. The summed E-state index contributed by atoms with van der Waals surface area (Å²) in [6, 6.07) is 1.41. The van der Waals surface area contributed by atoms with Gasteiger partial charge in [-0.05, 0) is 44.9 Å². The molecule has 2 N–H and O–H groups in total. The van der Waals surface area contributed by atoms with E-state index < -0.39 is 47.1 Å². The molecule has 10 heteroatoms. The Bertz CT molecular complexity index is 861. The Labute approximate surface area is 196 Å². The van der Waals surface area contributed by atoms with Crippen molar-refractivity contribution in [1.82, 2.24) is 5.32 Å². The number of halogens is 5. The van der Waals surface area contributed by atoms with Crippen LogP contribution in [0, 0.1) is 11.6 Å². The number of ether oxygens (including phenoxy) is 1. The van der Waals surface area contributed by atoms with Gasteiger partial charge in [-0.2, -0.15) is 13.2 Å². The van der Waals surface area contributed by atoms with E-state index in [9.17, 15) is 26.7 Å². The molecule has 2 unspecified atom stereocenters. The number of nitrogens with one attached hydrogen (secondary N) is 2. The molecule has 0 saturated heterocycles. The Morgan fingerprint density at radius 3 is 2.21 bits per heavy atom. The molecule has 0 saturated carbocycles. The van der Waals surface area contributed by atoms with E-state index >= 15 is 0 Å². The average Bonchev–Trinajstić information content (AvgIpc) is 2.71. The van der Waals surface area contributed by atoms with Crippen LogP contribution in [-0.4, -0.2) is 24.3 Å². The van der Waals surface area contributed by atoms with Crippen molar-refractivity contribution in [2.75, 3.05) is 4.72 Å². The minimum absolute atomic E-state index is 0.139. The summed E-state index contributed by atoms with van der Waals surface area (Å²) < 4.78 is 75.0. The molecule has 1 aromatic rings. The maximum atomic E-state index is 13.8. The molecule has 0 aromatic heterocycles. The van der Waals surface area contributed by atoms with Gasteiger partial charge in [0.05, 0.1) is 18.2 Å². The number of hydrogen-bond acceptors (Lipinski definition) is 4. The normalized spacial score (nSPS) is 15.6. The first kappa shape index (κ1) is 28.7. The second kappa shape index (κ2) is 13.4. The van der Waals surface area contributed by atoms with Crippen molar-refractivity contribution >= 4 is 24.4 Å². The zero-order valence-corrected chi connectivity index (χ0v) is 19.7. The third kappa shape index (κ3) is 10.00. The van der Waals surface area contributed by atoms with E-state index in [1.807, 2.05) is 6.92 Å². The summed E-state index contributed by atoms with van der Waals surface area (Å²) in [4.78, 5) is 12.0. The molecular formula is C23H29F5N2O2S. The van der Waals surface area contributed by atoms with Crippen LogP contribution in [0.2, 0.25) is 0 Å². The molecule has 0 spiro atoms. The number of thiol groups is 1. The van der Waals surface area contributed by atoms with E-state index in [1.165, 1.54) is 25.2 Å². The Balaban J connectivity index is 2.74. The predicted molar refractivity (Wildman–Crippen MR) is 123 cm³/mol. The van der Waals surface area contributed by atoms with Gasteiger partial charge in [0.25, 0.3) is 0 Å². The van der Waals surface area contributed by atoms with Gasteiger partial charge >= 0.3 is 6.18 Å². The molecule has 1 amide bonds. The van der Waals surface area contributed by atoms with Crippen LogP contribution >= 0.6 is 12.8 Å². The lowest BCUT2D eigenvalue weighted by atomic mass is 10.1. The van der Waals surface area contributed by atoms with Gasteiger partial charge in [0.2, 0.25) is 5.91 Å². The topological polar surface area (TPSA) is 50.4 Å². The lowest BCUT2D eigenvalue weighted by molar-refractivity contribution is -0.117. The average molecular weight is 493 g/mol. The van der Waals surface area contributed by atoms with E-state index in [0.717, 1.165) is 24.3 Å². The van der Waals surface area contributed by atoms with Gasteiger partial charge in [0.1, 0.15) is 5.69 Å². The molecular weight excluding hydrogens is 463 g/mol. The Hall–Kier alpha value is -2.33. The molecule has 4 nitrogen and oxygen atoms in total. The van der Waals surface area contributed by atoms with Gasteiger partial charge in [-0.3, -0.25) is 4.79 Å². The molecule has 0 fully saturated rings. The number of rotatable bonds is 11. The van der Waals surface area contributed by atoms with Crippen molar-refractivity contribution in [2.45, 2.75) is 65.0 Å². The van der Waals surface area contributed by atoms with E-state index in [0.29, 0.717) is 6.42 Å². The van der Waals surface area contributed by atoms with Crippen LogP contribution in [0.25, 0.3) is 0 Å². The maximum absolute atomic E-state index is 13.8. The molecule has 3 atom stereocenters. The molecule has 0 aliphatic rings. The molecule has 184 valence electrons. The molecule has 0 heterocycles. The highest BCUT2D eigenvalue weighted by molar-refractivity contribution is 7.81. The molecule has 0 aliphatic carbocycles. The number of benzene rings is 1. The third-order valence-corrected chi connectivity index (χ3v) is 4.94. The van der Waals surface area contributed by atoms with Crippen molar-refractivity contribution in [1.29, 1.82) is 0 Å². The van der Waals surface area contributed by atoms with Crippen molar-refractivity contribution < 1.29 is 31.5 Å². The van der Waals surface area contributed by atoms with Gasteiger partial charge in [0.15, 0.2) is 11.6 Å². The van der Waals surface area contributed by atoms with Gasteiger partial charge in [-0.1, -0.05) is 44.0 Å². The van der Waals surface area contributed by atoms with Crippen molar-refractivity contribution in [3.63, 3.8) is 0 Å². The van der Waals surface area contributed by atoms with E-state index in [1.54, 1.807) is 13.8 Å². The van der Waals surface area contributed by atoms with Gasteiger partial charge in [-0.25, -0.2) is 8.78 Å². The summed E-state index contributed by atoms with van der Waals surface area (Å²) in [6.45, 7) is 6.80. The summed E-state index contributed by atoms with van der Waals surface area (Å²) >= 11 is 3.62. The van der Waals surface area contributed by atoms with Crippen molar-refractivity contribution in [3.05, 3.63) is 65.3 Å². The zero-order valence-electron chi connectivity index (χ0n) is 18.8. The Kier molecular flexibility index (Phi) is 11.7. The number of anilines is 1. The monoisotopic (exact) mass is 492 g/mol. The first-order valence-corrected chi connectivity index (χ1v) is 10.8. The fraction of sp³-hybridized carbons (Fsp3) is 0.435. The first-order valence-electron chi connectivity index (χ1n) is 10.3. The molecule has 0 aliphatic heterocycles. The van der Waals surface area contributed by atoms with Crippen LogP contribution in [0.4, 0.5) is 27.6 Å². The molecule has 1 rings (SSSR count). The van der Waals surface area contributed by atoms with Crippen LogP contribution in [0.15, 0.2) is 48.1 Å². The van der Waals surface area contributed by atoms with E-state index in [4.69, 9.17) is 4.74 Å². The molecule has 0 radical (unpaired) electrons. The second-order valence-electron chi connectivity index (χ2n) is 7.51. The van der Waals surface area contributed by atoms with E-state index in [2.05, 4.69) is 22.9 Å². The highest BCUT2D eigenvalue weighted by atomic mass is 32.1. The molecule has 33 heavy (non-hydrogen) atoms. The van der Waals surface area contributed by atoms with E-state index in [-0.39, 0.29) is 18.1 Å². The minimum Gasteiger partial charge on any atom is -0.375 e. The third-order valence-electron chi connectivity index (χ3n) is 4.71. The van der Waals surface area contributed by atoms with Gasteiger partial charge in [-0.15, -0.1) is 0 Å². The summed E-state index contributed by atoms with van der Waals surface area (Å²) in [5.41, 5.74) is -0.955. The van der Waals surface area contributed by atoms with Crippen molar-refractivity contribution in [2.24, 2.45) is 0 Å². The highest BCUT2D eigenvalue weighted by Crippen LogP contribution is 2.30.